The van der Waals surface area contributed by atoms with Crippen LogP contribution in [0.3, 0.4) is 0 Å². The maximum atomic E-state index is 13.9. The van der Waals surface area contributed by atoms with Gasteiger partial charge in [-0.1, -0.05) is 6.07 Å². The Hall–Kier alpha value is -0.410. The summed E-state index contributed by atoms with van der Waals surface area (Å²) in [4.78, 5) is 1.99. The molecule has 0 aromatic heterocycles. The average molecular weight is 276 g/mol. The van der Waals surface area contributed by atoms with Gasteiger partial charge in [0.2, 0.25) is 0 Å². The van der Waals surface area contributed by atoms with Crippen molar-refractivity contribution in [2.45, 2.75) is 25.3 Å². The van der Waals surface area contributed by atoms with Crippen LogP contribution in [0.4, 0.5) is 10.1 Å². The maximum Gasteiger partial charge on any atom is 0.146 e. The smallest absolute Gasteiger partial charge is 0.146 e. The van der Waals surface area contributed by atoms with E-state index in [9.17, 15) is 4.39 Å². The largest absolute Gasteiger partial charge is 0.369 e. The highest BCUT2D eigenvalue weighted by molar-refractivity contribution is 7.98. The molecule has 0 fully saturated rings. The number of alkyl halides is 1. The van der Waals surface area contributed by atoms with Gasteiger partial charge in [-0.25, -0.2) is 4.39 Å². The van der Waals surface area contributed by atoms with E-state index in [1.165, 1.54) is 6.07 Å². The number of thioether (sulfide) groups is 1. The van der Waals surface area contributed by atoms with Crippen LogP contribution in [-0.2, 0) is 5.88 Å². The van der Waals surface area contributed by atoms with E-state index < -0.39 is 0 Å². The van der Waals surface area contributed by atoms with Crippen LogP contribution in [0.15, 0.2) is 18.2 Å². The van der Waals surface area contributed by atoms with E-state index in [2.05, 4.69) is 13.2 Å². The molecular formula is C13H19ClFNS. The minimum Gasteiger partial charge on any atom is -0.369 e. The van der Waals surface area contributed by atoms with Gasteiger partial charge in [-0.05, 0) is 43.0 Å². The monoisotopic (exact) mass is 275 g/mol. The number of anilines is 1. The van der Waals surface area contributed by atoms with Gasteiger partial charge in [0.25, 0.3) is 0 Å². The van der Waals surface area contributed by atoms with Gasteiger partial charge in [0.15, 0.2) is 0 Å². The van der Waals surface area contributed by atoms with Gasteiger partial charge >= 0.3 is 0 Å². The van der Waals surface area contributed by atoms with Crippen molar-refractivity contribution in [1.29, 1.82) is 0 Å². The zero-order valence-electron chi connectivity index (χ0n) is 10.5. The topological polar surface area (TPSA) is 3.24 Å². The fourth-order valence-electron chi connectivity index (χ4n) is 1.64. The van der Waals surface area contributed by atoms with E-state index in [0.29, 0.717) is 17.6 Å². The van der Waals surface area contributed by atoms with Crippen molar-refractivity contribution in [3.8, 4) is 0 Å². The molecule has 0 amide bonds. The van der Waals surface area contributed by atoms with Crippen LogP contribution < -0.4 is 4.90 Å². The maximum absolute atomic E-state index is 13.9. The van der Waals surface area contributed by atoms with Crippen LogP contribution in [0.25, 0.3) is 0 Å². The molecule has 4 heteroatoms. The Labute approximate surface area is 112 Å². The SMILES string of the molecule is CSCCC(C)N(C)c1ccc(CCl)cc1F. The lowest BCUT2D eigenvalue weighted by molar-refractivity contribution is 0.600. The van der Waals surface area contributed by atoms with Crippen molar-refractivity contribution in [3.05, 3.63) is 29.6 Å². The minimum atomic E-state index is -0.193. The molecule has 0 aliphatic heterocycles. The Morgan fingerprint density at radius 1 is 1.47 bits per heavy atom. The number of benzene rings is 1. The van der Waals surface area contributed by atoms with Crippen molar-refractivity contribution in [3.63, 3.8) is 0 Å². The van der Waals surface area contributed by atoms with Gasteiger partial charge in [0, 0.05) is 19.0 Å². The van der Waals surface area contributed by atoms with Crippen LogP contribution in [0, 0.1) is 5.82 Å². The van der Waals surface area contributed by atoms with E-state index >= 15 is 0 Å². The first kappa shape index (κ1) is 14.7. The quantitative estimate of drug-likeness (QED) is 0.718. The lowest BCUT2D eigenvalue weighted by Crippen LogP contribution is -2.30. The highest BCUT2D eigenvalue weighted by atomic mass is 35.5. The summed E-state index contributed by atoms with van der Waals surface area (Å²) in [6, 6.07) is 5.53. The average Bonchev–Trinajstić information content (AvgIpc) is 2.34. The Balaban J connectivity index is 2.77. The third kappa shape index (κ3) is 4.07. The van der Waals surface area contributed by atoms with E-state index in [1.807, 2.05) is 35.8 Å². The number of hydrogen-bond acceptors (Lipinski definition) is 2. The Morgan fingerprint density at radius 2 is 2.18 bits per heavy atom. The molecule has 96 valence electrons. The summed E-state index contributed by atoms with van der Waals surface area (Å²) >= 11 is 7.49. The summed E-state index contributed by atoms with van der Waals surface area (Å²) in [6.45, 7) is 2.12. The third-order valence-corrected chi connectivity index (χ3v) is 3.90. The first-order valence-corrected chi connectivity index (χ1v) is 7.59. The van der Waals surface area contributed by atoms with Crippen LogP contribution in [0.2, 0.25) is 0 Å². The highest BCUT2D eigenvalue weighted by Gasteiger charge is 2.13. The second-order valence-corrected chi connectivity index (χ2v) is 5.41. The van der Waals surface area contributed by atoms with Crippen molar-refractivity contribution in [2.75, 3.05) is 24.0 Å². The van der Waals surface area contributed by atoms with Crippen molar-refractivity contribution < 1.29 is 4.39 Å². The molecule has 1 aromatic carbocycles. The molecule has 17 heavy (non-hydrogen) atoms. The molecule has 1 nitrogen and oxygen atoms in total. The predicted molar refractivity (Wildman–Crippen MR) is 76.8 cm³/mol. The summed E-state index contributed by atoms with van der Waals surface area (Å²) in [5, 5.41) is 0. The molecule has 1 unspecified atom stereocenters. The van der Waals surface area contributed by atoms with E-state index in [1.54, 1.807) is 0 Å². The summed E-state index contributed by atoms with van der Waals surface area (Å²) in [5.74, 6) is 1.25. The summed E-state index contributed by atoms with van der Waals surface area (Å²) < 4.78 is 13.9. The third-order valence-electron chi connectivity index (χ3n) is 2.95. The standard InChI is InChI=1S/C13H19ClFNS/c1-10(6-7-17-3)16(2)13-5-4-11(9-14)8-12(13)15/h4-5,8,10H,6-7,9H2,1-3H3. The molecule has 0 saturated heterocycles. The normalized spacial score (nSPS) is 12.5. The van der Waals surface area contributed by atoms with Crippen molar-refractivity contribution in [1.82, 2.24) is 0 Å². The molecule has 0 N–H and O–H groups in total. The lowest BCUT2D eigenvalue weighted by Gasteiger charge is -2.27. The van der Waals surface area contributed by atoms with Crippen LogP contribution >= 0.6 is 23.4 Å². The van der Waals surface area contributed by atoms with Crippen LogP contribution in [0.1, 0.15) is 18.9 Å². The molecule has 0 bridgehead atoms. The molecule has 0 heterocycles. The number of nitrogens with zero attached hydrogens (tertiary/aromatic N) is 1. The van der Waals surface area contributed by atoms with E-state index in [4.69, 9.17) is 11.6 Å². The van der Waals surface area contributed by atoms with Crippen molar-refractivity contribution in [2.24, 2.45) is 0 Å². The molecule has 1 atom stereocenters. The Morgan fingerprint density at radius 3 is 2.71 bits per heavy atom. The fraction of sp³-hybridized carbons (Fsp3) is 0.538. The number of rotatable bonds is 6. The first-order chi connectivity index (χ1) is 8.10. The Bertz CT molecular complexity index is 359. The summed E-state index contributed by atoms with van der Waals surface area (Å²) in [5.41, 5.74) is 1.46. The zero-order chi connectivity index (χ0) is 12.8. The van der Waals surface area contributed by atoms with Gasteiger partial charge in [0.05, 0.1) is 5.69 Å². The second kappa shape index (κ2) is 7.12. The van der Waals surface area contributed by atoms with Gasteiger partial charge in [-0.2, -0.15) is 11.8 Å². The Kier molecular flexibility index (Phi) is 6.14. The summed E-state index contributed by atoms with van der Waals surface area (Å²) in [7, 11) is 1.93. The minimum absolute atomic E-state index is 0.193. The van der Waals surface area contributed by atoms with Crippen molar-refractivity contribution >= 4 is 29.1 Å². The van der Waals surface area contributed by atoms with Gasteiger partial charge in [-0.3, -0.25) is 0 Å². The molecule has 1 rings (SSSR count). The van der Waals surface area contributed by atoms with E-state index in [0.717, 1.165) is 17.7 Å². The highest BCUT2D eigenvalue weighted by Crippen LogP contribution is 2.23. The first-order valence-electron chi connectivity index (χ1n) is 5.66. The van der Waals surface area contributed by atoms with Crippen LogP contribution in [0.5, 0.6) is 0 Å². The lowest BCUT2D eigenvalue weighted by atomic mass is 10.1. The molecule has 0 radical (unpaired) electrons. The van der Waals surface area contributed by atoms with Gasteiger partial charge in [-0.15, -0.1) is 11.6 Å². The number of halogens is 2. The van der Waals surface area contributed by atoms with Gasteiger partial charge in [0.1, 0.15) is 5.82 Å². The molecule has 0 aliphatic carbocycles. The van der Waals surface area contributed by atoms with Gasteiger partial charge < -0.3 is 4.90 Å². The van der Waals surface area contributed by atoms with E-state index in [-0.39, 0.29) is 5.82 Å². The molecular weight excluding hydrogens is 257 g/mol. The molecule has 0 aliphatic rings. The predicted octanol–water partition coefficient (Wildman–Crippen LogP) is 4.14. The molecule has 1 aromatic rings. The summed E-state index contributed by atoms with van der Waals surface area (Å²) in [6.07, 6.45) is 3.14. The second-order valence-electron chi connectivity index (χ2n) is 4.16. The molecule has 0 spiro atoms. The van der Waals surface area contributed by atoms with Crippen LogP contribution in [-0.4, -0.2) is 25.1 Å². The number of hydrogen-bond donors (Lipinski definition) is 0. The fourth-order valence-corrected chi connectivity index (χ4v) is 2.38. The zero-order valence-corrected chi connectivity index (χ0v) is 12.1. The molecule has 0 saturated carbocycles.